The highest BCUT2D eigenvalue weighted by Gasteiger charge is 2.41. The van der Waals surface area contributed by atoms with E-state index in [9.17, 15) is 9.59 Å². The monoisotopic (exact) mass is 412 g/mol. The van der Waals surface area contributed by atoms with Gasteiger partial charge in [-0.1, -0.05) is 18.2 Å². The number of ether oxygens (including phenoxy) is 1. The molecule has 0 radical (unpaired) electrons. The highest BCUT2D eigenvalue weighted by atomic mass is 16.5. The highest BCUT2D eigenvalue weighted by Crippen LogP contribution is 2.37. The van der Waals surface area contributed by atoms with E-state index in [2.05, 4.69) is 10.1 Å². The van der Waals surface area contributed by atoms with Crippen LogP contribution in [0.2, 0.25) is 0 Å². The second-order valence-electron chi connectivity index (χ2n) is 7.63. The van der Waals surface area contributed by atoms with Crippen LogP contribution in [0.4, 0.5) is 5.69 Å². The molecule has 0 saturated carbocycles. The molecule has 0 saturated heterocycles. The quantitative estimate of drug-likeness (QED) is 0.472. The molecule has 0 fully saturated rings. The molecule has 1 aliphatic heterocycles. The minimum absolute atomic E-state index is 0.270. The molecule has 2 aromatic heterocycles. The van der Waals surface area contributed by atoms with Gasteiger partial charge in [0.05, 0.1) is 40.7 Å². The molecule has 4 aromatic rings. The second-order valence-corrected chi connectivity index (χ2v) is 7.63. The van der Waals surface area contributed by atoms with Gasteiger partial charge in [-0.3, -0.25) is 9.59 Å². The van der Waals surface area contributed by atoms with Gasteiger partial charge < -0.3 is 4.74 Å². The molecule has 1 aliphatic rings. The van der Waals surface area contributed by atoms with E-state index in [0.717, 1.165) is 16.2 Å². The number of carbonyl (C=O) groups is 2. The first kappa shape index (κ1) is 19.0. The standard InChI is InChI=1S/C24H20N4O3/c1-13-9-10-16(11-14(13)2)28-22-20(15(3)26-28)21-17(12-25-22)23(29)27(24(21)30)18-7-5-6-8-19(18)31-4/h5-12H,1-4H3. The predicted octanol–water partition coefficient (Wildman–Crippen LogP) is 4.15. The summed E-state index contributed by atoms with van der Waals surface area (Å²) in [5.74, 6) is -0.374. The van der Waals surface area contributed by atoms with E-state index in [-0.39, 0.29) is 5.56 Å². The molecule has 2 aromatic carbocycles. The molecule has 154 valence electrons. The Kier molecular flexibility index (Phi) is 4.15. The van der Waals surface area contributed by atoms with Gasteiger partial charge in [-0.05, 0) is 56.2 Å². The molecule has 0 spiro atoms. The molecular weight excluding hydrogens is 392 g/mol. The van der Waals surface area contributed by atoms with Crippen LogP contribution in [0, 0.1) is 20.8 Å². The number of pyridine rings is 1. The van der Waals surface area contributed by atoms with Crippen molar-refractivity contribution in [3.63, 3.8) is 0 Å². The Labute approximate surface area is 178 Å². The van der Waals surface area contributed by atoms with E-state index >= 15 is 0 Å². The van der Waals surface area contributed by atoms with Crippen LogP contribution in [0.25, 0.3) is 16.7 Å². The number of aromatic nitrogens is 3. The minimum Gasteiger partial charge on any atom is -0.495 e. The van der Waals surface area contributed by atoms with Crippen molar-refractivity contribution in [2.45, 2.75) is 20.8 Å². The van der Waals surface area contributed by atoms with Crippen LogP contribution in [-0.2, 0) is 0 Å². The van der Waals surface area contributed by atoms with Crippen molar-refractivity contribution in [1.29, 1.82) is 0 Å². The van der Waals surface area contributed by atoms with Gasteiger partial charge in [-0.2, -0.15) is 5.10 Å². The van der Waals surface area contributed by atoms with Crippen molar-refractivity contribution in [2.24, 2.45) is 0 Å². The average Bonchev–Trinajstić information content (AvgIpc) is 3.24. The lowest BCUT2D eigenvalue weighted by Gasteiger charge is -2.16. The third-order valence-electron chi connectivity index (χ3n) is 5.78. The van der Waals surface area contributed by atoms with E-state index in [1.165, 1.54) is 18.9 Å². The van der Waals surface area contributed by atoms with Gasteiger partial charge in [0.2, 0.25) is 0 Å². The van der Waals surface area contributed by atoms with Gasteiger partial charge in [-0.25, -0.2) is 14.6 Å². The zero-order valence-corrected chi connectivity index (χ0v) is 17.6. The first-order chi connectivity index (χ1) is 14.9. The average molecular weight is 412 g/mol. The summed E-state index contributed by atoms with van der Waals surface area (Å²) >= 11 is 0. The van der Waals surface area contributed by atoms with Crippen molar-refractivity contribution in [3.8, 4) is 11.4 Å². The number of nitrogens with zero attached hydrogens (tertiary/aromatic N) is 4. The van der Waals surface area contributed by atoms with Crippen molar-refractivity contribution in [3.05, 3.63) is 76.6 Å². The summed E-state index contributed by atoms with van der Waals surface area (Å²) in [5, 5.41) is 5.24. The highest BCUT2D eigenvalue weighted by molar-refractivity contribution is 6.37. The first-order valence-corrected chi connectivity index (χ1v) is 9.90. The Morgan fingerprint density at radius 3 is 2.45 bits per heavy atom. The maximum Gasteiger partial charge on any atom is 0.267 e. The summed E-state index contributed by atoms with van der Waals surface area (Å²) in [4.78, 5) is 32.3. The maximum absolute atomic E-state index is 13.5. The first-order valence-electron chi connectivity index (χ1n) is 9.90. The smallest absolute Gasteiger partial charge is 0.267 e. The fourth-order valence-electron chi connectivity index (χ4n) is 4.03. The van der Waals surface area contributed by atoms with Crippen LogP contribution >= 0.6 is 0 Å². The number of amides is 2. The lowest BCUT2D eigenvalue weighted by Crippen LogP contribution is -2.29. The van der Waals surface area contributed by atoms with Crippen LogP contribution in [0.3, 0.4) is 0 Å². The van der Waals surface area contributed by atoms with Crippen LogP contribution < -0.4 is 9.64 Å². The van der Waals surface area contributed by atoms with Crippen molar-refractivity contribution in [2.75, 3.05) is 12.0 Å². The van der Waals surface area contributed by atoms with Crippen molar-refractivity contribution in [1.82, 2.24) is 14.8 Å². The molecule has 0 unspecified atom stereocenters. The Balaban J connectivity index is 1.72. The van der Waals surface area contributed by atoms with Crippen molar-refractivity contribution < 1.29 is 14.3 Å². The van der Waals surface area contributed by atoms with Crippen LogP contribution in [-0.4, -0.2) is 33.7 Å². The SMILES string of the molecule is COc1ccccc1N1C(=O)c2cnc3c(c(C)nn3-c3ccc(C)c(C)c3)c2C1=O. The Morgan fingerprint density at radius 1 is 0.935 bits per heavy atom. The number of imide groups is 1. The third kappa shape index (κ3) is 2.66. The number of fused-ring (bicyclic) bond motifs is 3. The van der Waals surface area contributed by atoms with Gasteiger partial charge in [0, 0.05) is 6.20 Å². The van der Waals surface area contributed by atoms with E-state index in [1.807, 2.05) is 39.0 Å². The maximum atomic E-state index is 13.5. The number of methoxy groups -OCH3 is 1. The van der Waals surface area contributed by atoms with E-state index < -0.39 is 11.8 Å². The summed E-state index contributed by atoms with van der Waals surface area (Å²) in [6.45, 7) is 5.91. The number of para-hydroxylation sites is 2. The van der Waals surface area contributed by atoms with Crippen LogP contribution in [0.15, 0.2) is 48.7 Å². The van der Waals surface area contributed by atoms with E-state index in [0.29, 0.717) is 33.7 Å². The fraction of sp³-hybridized carbons (Fsp3) is 0.167. The zero-order valence-electron chi connectivity index (χ0n) is 17.6. The topological polar surface area (TPSA) is 77.3 Å². The molecule has 0 bridgehead atoms. The van der Waals surface area contributed by atoms with Crippen molar-refractivity contribution >= 4 is 28.5 Å². The number of benzene rings is 2. The summed E-state index contributed by atoms with van der Waals surface area (Å²) in [5.41, 5.74) is 5.35. The largest absolute Gasteiger partial charge is 0.495 e. The minimum atomic E-state index is -0.419. The third-order valence-corrected chi connectivity index (χ3v) is 5.78. The Bertz CT molecular complexity index is 1400. The number of anilines is 1. The van der Waals surface area contributed by atoms with Crippen LogP contribution in [0.5, 0.6) is 5.75 Å². The van der Waals surface area contributed by atoms with E-state index in [1.54, 1.807) is 28.9 Å². The molecule has 7 nitrogen and oxygen atoms in total. The summed E-state index contributed by atoms with van der Waals surface area (Å²) < 4.78 is 7.09. The number of hydrogen-bond donors (Lipinski definition) is 0. The molecule has 2 amide bonds. The molecule has 0 atom stereocenters. The van der Waals surface area contributed by atoms with Gasteiger partial charge >= 0.3 is 0 Å². The predicted molar refractivity (Wildman–Crippen MR) is 117 cm³/mol. The summed E-state index contributed by atoms with van der Waals surface area (Å²) in [6, 6.07) is 13.0. The molecule has 7 heteroatoms. The number of rotatable bonds is 3. The normalized spacial score (nSPS) is 13.2. The molecule has 3 heterocycles. The van der Waals surface area contributed by atoms with E-state index in [4.69, 9.17) is 4.74 Å². The number of aryl methyl sites for hydroxylation is 3. The van der Waals surface area contributed by atoms with Gasteiger partial charge in [0.15, 0.2) is 5.65 Å². The fourth-order valence-corrected chi connectivity index (χ4v) is 4.03. The van der Waals surface area contributed by atoms with Gasteiger partial charge in [0.25, 0.3) is 11.8 Å². The zero-order chi connectivity index (χ0) is 21.9. The van der Waals surface area contributed by atoms with Crippen LogP contribution in [0.1, 0.15) is 37.5 Å². The van der Waals surface area contributed by atoms with Gasteiger partial charge in [0.1, 0.15) is 5.75 Å². The lowest BCUT2D eigenvalue weighted by atomic mass is 10.1. The summed E-state index contributed by atoms with van der Waals surface area (Å²) in [6.07, 6.45) is 1.46. The Morgan fingerprint density at radius 2 is 1.71 bits per heavy atom. The second kappa shape index (κ2) is 6.77. The Hall–Kier alpha value is -4.00. The molecule has 31 heavy (non-hydrogen) atoms. The van der Waals surface area contributed by atoms with Gasteiger partial charge in [-0.15, -0.1) is 0 Å². The summed E-state index contributed by atoms with van der Waals surface area (Å²) in [7, 11) is 1.51. The molecule has 0 aliphatic carbocycles. The number of carbonyl (C=O) groups excluding carboxylic acids is 2. The molecular formula is C24H20N4O3. The molecule has 5 rings (SSSR count). The lowest BCUT2D eigenvalue weighted by molar-refractivity contribution is 0.0925. The number of hydrogen-bond acceptors (Lipinski definition) is 5. The molecule has 0 N–H and O–H groups in total.